The van der Waals surface area contributed by atoms with Gasteiger partial charge in [-0.1, -0.05) is 0 Å². The van der Waals surface area contributed by atoms with Gasteiger partial charge in [-0.3, -0.25) is 0 Å². The Labute approximate surface area is 98.8 Å². The molecule has 84 valence electrons. The second-order valence-corrected chi connectivity index (χ2v) is 3.68. The maximum Gasteiger partial charge on any atom is 0.340 e. The quantitative estimate of drug-likeness (QED) is 0.786. The van der Waals surface area contributed by atoms with Gasteiger partial charge in [-0.15, -0.1) is 0 Å². The van der Waals surface area contributed by atoms with Crippen LogP contribution in [-0.2, 0) is 4.74 Å². The summed E-state index contributed by atoms with van der Waals surface area (Å²) in [7, 11) is 1.15. The molecule has 1 aromatic rings. The number of halogens is 3. The Balaban J connectivity index is 3.42. The van der Waals surface area contributed by atoms with Gasteiger partial charge in [-0.2, -0.15) is 5.26 Å². The molecule has 0 radical (unpaired) electrons. The van der Waals surface area contributed by atoms with Crippen molar-refractivity contribution in [3.05, 3.63) is 33.3 Å². The first-order chi connectivity index (χ1) is 7.51. The van der Waals surface area contributed by atoms with E-state index in [1.165, 1.54) is 0 Å². The van der Waals surface area contributed by atoms with E-state index in [2.05, 4.69) is 20.7 Å². The van der Waals surface area contributed by atoms with Crippen LogP contribution < -0.4 is 0 Å². The molecule has 1 rings (SSSR count). The van der Waals surface area contributed by atoms with Crippen LogP contribution in [0, 0.1) is 11.3 Å². The van der Waals surface area contributed by atoms with Crippen LogP contribution in [0.5, 0.6) is 0 Å². The Hall–Kier alpha value is -1.48. The molecule has 0 spiro atoms. The van der Waals surface area contributed by atoms with Crippen molar-refractivity contribution in [2.24, 2.45) is 0 Å². The Morgan fingerprint density at radius 3 is 2.62 bits per heavy atom. The Kier molecular flexibility index (Phi) is 3.96. The summed E-state index contributed by atoms with van der Waals surface area (Å²) in [4.78, 5) is 11.3. The number of hydrogen-bond acceptors (Lipinski definition) is 3. The van der Waals surface area contributed by atoms with Crippen molar-refractivity contribution in [3.8, 4) is 6.07 Å². The summed E-state index contributed by atoms with van der Waals surface area (Å²) in [6.45, 7) is 0. The zero-order valence-corrected chi connectivity index (χ0v) is 9.72. The molecule has 0 aliphatic heterocycles. The molecule has 0 aromatic heterocycles. The third kappa shape index (κ3) is 2.36. The molecule has 0 N–H and O–H groups in total. The van der Waals surface area contributed by atoms with Gasteiger partial charge in [0.25, 0.3) is 6.43 Å². The number of ether oxygens (including phenoxy) is 1. The fourth-order valence-corrected chi connectivity index (χ4v) is 1.79. The SMILES string of the molecule is COC(=O)c1c(Br)cc(C(F)F)cc1C#N. The predicted molar refractivity (Wildman–Crippen MR) is 55.2 cm³/mol. The Morgan fingerprint density at radius 2 is 2.19 bits per heavy atom. The lowest BCUT2D eigenvalue weighted by molar-refractivity contribution is 0.0599. The molecule has 0 heterocycles. The molecule has 3 nitrogen and oxygen atoms in total. The fraction of sp³-hybridized carbons (Fsp3) is 0.200. The van der Waals surface area contributed by atoms with Crippen LogP contribution in [0.25, 0.3) is 0 Å². The number of esters is 1. The Morgan fingerprint density at radius 1 is 1.56 bits per heavy atom. The summed E-state index contributed by atoms with van der Waals surface area (Å²) in [5, 5.41) is 8.77. The molecule has 6 heteroatoms. The second kappa shape index (κ2) is 5.03. The van der Waals surface area contributed by atoms with Crippen LogP contribution >= 0.6 is 15.9 Å². The molecule has 0 aliphatic rings. The molecular formula is C10H6BrF2NO2. The number of alkyl halides is 2. The maximum atomic E-state index is 12.4. The number of nitriles is 1. The number of hydrogen-bond donors (Lipinski definition) is 0. The lowest BCUT2D eigenvalue weighted by atomic mass is 10.1. The van der Waals surface area contributed by atoms with E-state index in [0.29, 0.717) is 0 Å². The summed E-state index contributed by atoms with van der Waals surface area (Å²) in [5.41, 5.74) is -0.512. The molecule has 0 amide bonds. The van der Waals surface area contributed by atoms with Crippen molar-refractivity contribution in [3.63, 3.8) is 0 Å². The van der Waals surface area contributed by atoms with Gasteiger partial charge < -0.3 is 4.74 Å². The van der Waals surface area contributed by atoms with Gasteiger partial charge in [0.2, 0.25) is 0 Å². The molecule has 16 heavy (non-hydrogen) atoms. The summed E-state index contributed by atoms with van der Waals surface area (Å²) >= 11 is 2.96. The van der Waals surface area contributed by atoms with Gasteiger partial charge >= 0.3 is 5.97 Å². The van der Waals surface area contributed by atoms with Gasteiger partial charge in [0.05, 0.1) is 18.2 Å². The molecular weight excluding hydrogens is 284 g/mol. The first-order valence-electron chi connectivity index (χ1n) is 4.11. The van der Waals surface area contributed by atoms with E-state index in [1.807, 2.05) is 0 Å². The first-order valence-corrected chi connectivity index (χ1v) is 4.90. The van der Waals surface area contributed by atoms with E-state index in [0.717, 1.165) is 19.2 Å². The van der Waals surface area contributed by atoms with Gasteiger partial charge in [-0.25, -0.2) is 13.6 Å². The van der Waals surface area contributed by atoms with Crippen molar-refractivity contribution in [2.75, 3.05) is 7.11 Å². The first kappa shape index (κ1) is 12.6. The Bertz CT molecular complexity index is 469. The number of rotatable bonds is 2. The van der Waals surface area contributed by atoms with Crippen LogP contribution in [0.1, 0.15) is 27.9 Å². The topological polar surface area (TPSA) is 50.1 Å². The lowest BCUT2D eigenvalue weighted by Gasteiger charge is -2.07. The van der Waals surface area contributed by atoms with Crippen molar-refractivity contribution in [1.29, 1.82) is 5.26 Å². The maximum absolute atomic E-state index is 12.4. The predicted octanol–water partition coefficient (Wildman–Crippen LogP) is 3.04. The molecule has 0 atom stereocenters. The zero-order chi connectivity index (χ0) is 12.3. The largest absolute Gasteiger partial charge is 0.465 e. The summed E-state index contributed by atoms with van der Waals surface area (Å²) in [5.74, 6) is -0.746. The average Bonchev–Trinajstić information content (AvgIpc) is 2.26. The zero-order valence-electron chi connectivity index (χ0n) is 8.13. The number of carbonyl (C=O) groups is 1. The highest BCUT2D eigenvalue weighted by Gasteiger charge is 2.19. The minimum absolute atomic E-state index is 0.0469. The highest BCUT2D eigenvalue weighted by atomic mass is 79.9. The smallest absolute Gasteiger partial charge is 0.340 e. The van der Waals surface area contributed by atoms with Crippen LogP contribution in [0.2, 0.25) is 0 Å². The highest BCUT2D eigenvalue weighted by molar-refractivity contribution is 9.10. The molecule has 1 aromatic carbocycles. The molecule has 0 saturated heterocycles. The fourth-order valence-electron chi connectivity index (χ4n) is 1.15. The monoisotopic (exact) mass is 289 g/mol. The van der Waals surface area contributed by atoms with E-state index in [4.69, 9.17) is 5.26 Å². The molecule has 0 bridgehead atoms. The standard InChI is InChI=1S/C10H6BrF2NO2/c1-16-10(15)8-6(4-14)2-5(9(12)13)3-7(8)11/h2-3,9H,1H3. The summed E-state index contributed by atoms with van der Waals surface area (Å²) in [6.07, 6.45) is -2.70. The molecule has 0 aliphatic carbocycles. The number of benzene rings is 1. The minimum atomic E-state index is -2.70. The van der Waals surface area contributed by atoms with E-state index in [9.17, 15) is 13.6 Å². The highest BCUT2D eigenvalue weighted by Crippen LogP contribution is 2.28. The van der Waals surface area contributed by atoms with Gasteiger partial charge in [-0.05, 0) is 28.1 Å². The lowest BCUT2D eigenvalue weighted by Crippen LogP contribution is -2.06. The van der Waals surface area contributed by atoms with E-state index in [-0.39, 0.29) is 21.2 Å². The van der Waals surface area contributed by atoms with Crippen LogP contribution in [0.4, 0.5) is 8.78 Å². The van der Waals surface area contributed by atoms with E-state index >= 15 is 0 Å². The number of methoxy groups -OCH3 is 1. The van der Waals surface area contributed by atoms with Gasteiger partial charge in [0.1, 0.15) is 6.07 Å². The average molecular weight is 290 g/mol. The summed E-state index contributed by atoms with van der Waals surface area (Å²) in [6, 6.07) is 3.75. The minimum Gasteiger partial charge on any atom is -0.465 e. The molecule has 0 fully saturated rings. The summed E-state index contributed by atoms with van der Waals surface area (Å²) < 4.78 is 29.4. The third-order valence-corrected chi connectivity index (χ3v) is 2.50. The van der Waals surface area contributed by atoms with Crippen molar-refractivity contribution in [1.82, 2.24) is 0 Å². The van der Waals surface area contributed by atoms with Crippen LogP contribution in [0.3, 0.4) is 0 Å². The number of carbonyl (C=O) groups excluding carboxylic acids is 1. The van der Waals surface area contributed by atoms with E-state index < -0.39 is 12.4 Å². The van der Waals surface area contributed by atoms with Gasteiger partial charge in [0.15, 0.2) is 0 Å². The van der Waals surface area contributed by atoms with Crippen molar-refractivity contribution >= 4 is 21.9 Å². The van der Waals surface area contributed by atoms with Crippen LogP contribution in [0.15, 0.2) is 16.6 Å². The van der Waals surface area contributed by atoms with E-state index in [1.54, 1.807) is 6.07 Å². The number of nitrogens with zero attached hydrogens (tertiary/aromatic N) is 1. The van der Waals surface area contributed by atoms with Crippen molar-refractivity contribution in [2.45, 2.75) is 6.43 Å². The van der Waals surface area contributed by atoms with Gasteiger partial charge in [0, 0.05) is 10.0 Å². The van der Waals surface area contributed by atoms with Crippen molar-refractivity contribution < 1.29 is 18.3 Å². The second-order valence-electron chi connectivity index (χ2n) is 2.83. The third-order valence-electron chi connectivity index (χ3n) is 1.87. The molecule has 0 unspecified atom stereocenters. The van der Waals surface area contributed by atoms with Crippen LogP contribution in [-0.4, -0.2) is 13.1 Å². The normalized spacial score (nSPS) is 10.0. The molecule has 0 saturated carbocycles.